The number of imidazole rings is 1. The molecule has 1 atom stereocenters. The van der Waals surface area contributed by atoms with E-state index in [1.54, 1.807) is 12.7 Å². The van der Waals surface area contributed by atoms with Crippen LogP contribution in [0.3, 0.4) is 0 Å². The summed E-state index contributed by atoms with van der Waals surface area (Å²) in [5.74, 6) is 1.74. The van der Waals surface area contributed by atoms with Gasteiger partial charge in [-0.1, -0.05) is 12.1 Å². The first-order chi connectivity index (χ1) is 13.5. The topological polar surface area (TPSA) is 76.3 Å². The molecule has 3 aromatic rings. The monoisotopic (exact) mass is 381 g/mol. The van der Waals surface area contributed by atoms with Gasteiger partial charge in [-0.2, -0.15) is 0 Å². The van der Waals surface area contributed by atoms with E-state index in [4.69, 9.17) is 4.74 Å². The number of rotatable bonds is 6. The smallest absolute Gasteiger partial charge is 0.165 e. The van der Waals surface area contributed by atoms with E-state index in [0.717, 1.165) is 46.9 Å². The number of ether oxygens (including phenoxy) is 1. The van der Waals surface area contributed by atoms with E-state index >= 15 is 0 Å². The number of nitrogens with zero attached hydrogens (tertiary/aromatic N) is 5. The second-order valence-corrected chi connectivity index (χ2v) is 7.58. The Morgan fingerprint density at radius 3 is 2.61 bits per heavy atom. The number of anilines is 1. The molecule has 148 valence electrons. The molecule has 0 bridgehead atoms. The standard InChI is InChI=1S/C21H27N5O2/c1-14-6-7-15(2)19(16(14)3)28-11-17(27)10-26-13-24-18-20(22-12-23-21(18)26)25-8-4-5-9-25/h6-7,12-13,17,27H,4-5,8-11H2,1-3H3/t17-/m0/s1. The maximum absolute atomic E-state index is 10.5. The average molecular weight is 381 g/mol. The molecule has 0 amide bonds. The van der Waals surface area contributed by atoms with E-state index in [-0.39, 0.29) is 6.61 Å². The molecule has 7 nitrogen and oxygen atoms in total. The SMILES string of the molecule is Cc1ccc(C)c(OC[C@@H](O)Cn2cnc3c(N4CCCC4)ncnc32)c1C. The van der Waals surface area contributed by atoms with Crippen molar-refractivity contribution in [1.29, 1.82) is 0 Å². The number of aliphatic hydroxyl groups is 1. The average Bonchev–Trinajstić information content (AvgIpc) is 3.35. The van der Waals surface area contributed by atoms with Gasteiger partial charge in [0.25, 0.3) is 0 Å². The van der Waals surface area contributed by atoms with Crippen LogP contribution in [-0.2, 0) is 6.54 Å². The highest BCUT2D eigenvalue weighted by molar-refractivity contribution is 5.83. The van der Waals surface area contributed by atoms with Gasteiger partial charge in [-0.05, 0) is 50.3 Å². The summed E-state index contributed by atoms with van der Waals surface area (Å²) in [7, 11) is 0. The zero-order chi connectivity index (χ0) is 19.7. The van der Waals surface area contributed by atoms with E-state index in [1.165, 1.54) is 18.4 Å². The molecule has 0 saturated carbocycles. The number of hydrogen-bond acceptors (Lipinski definition) is 6. The van der Waals surface area contributed by atoms with E-state index < -0.39 is 6.10 Å². The molecule has 2 aromatic heterocycles. The highest BCUT2D eigenvalue weighted by Crippen LogP contribution is 2.27. The zero-order valence-electron chi connectivity index (χ0n) is 16.7. The van der Waals surface area contributed by atoms with Crippen LogP contribution >= 0.6 is 0 Å². The third-order valence-corrected chi connectivity index (χ3v) is 5.49. The maximum atomic E-state index is 10.5. The summed E-state index contributed by atoms with van der Waals surface area (Å²) >= 11 is 0. The Balaban J connectivity index is 1.48. The van der Waals surface area contributed by atoms with Crippen LogP contribution in [0.25, 0.3) is 11.2 Å². The van der Waals surface area contributed by atoms with Crippen LogP contribution in [-0.4, -0.2) is 50.4 Å². The van der Waals surface area contributed by atoms with Crippen LogP contribution in [0, 0.1) is 20.8 Å². The van der Waals surface area contributed by atoms with Crippen molar-refractivity contribution >= 4 is 17.0 Å². The van der Waals surface area contributed by atoms with Crippen molar-refractivity contribution in [3.8, 4) is 5.75 Å². The summed E-state index contributed by atoms with van der Waals surface area (Å²) in [5, 5.41) is 10.5. The predicted molar refractivity (Wildman–Crippen MR) is 109 cm³/mol. The third-order valence-electron chi connectivity index (χ3n) is 5.49. The number of aryl methyl sites for hydroxylation is 2. The van der Waals surface area contributed by atoms with E-state index in [9.17, 15) is 5.11 Å². The van der Waals surface area contributed by atoms with Gasteiger partial charge in [0.05, 0.1) is 12.9 Å². The molecule has 7 heteroatoms. The minimum absolute atomic E-state index is 0.217. The van der Waals surface area contributed by atoms with Crippen LogP contribution in [0.5, 0.6) is 5.75 Å². The molecular weight excluding hydrogens is 354 g/mol. The molecular formula is C21H27N5O2. The lowest BCUT2D eigenvalue weighted by molar-refractivity contribution is 0.0926. The Hall–Kier alpha value is -2.67. The number of aromatic nitrogens is 4. The first-order valence-corrected chi connectivity index (χ1v) is 9.83. The van der Waals surface area contributed by atoms with Crippen molar-refractivity contribution in [3.63, 3.8) is 0 Å². The summed E-state index contributed by atoms with van der Waals surface area (Å²) in [6.07, 6.45) is 5.00. The summed E-state index contributed by atoms with van der Waals surface area (Å²) in [5.41, 5.74) is 4.92. The van der Waals surface area contributed by atoms with Gasteiger partial charge in [-0.15, -0.1) is 0 Å². The molecule has 3 heterocycles. The van der Waals surface area contributed by atoms with Crippen molar-refractivity contribution in [2.75, 3.05) is 24.6 Å². The van der Waals surface area contributed by atoms with Crippen LogP contribution in [0.2, 0.25) is 0 Å². The number of aliphatic hydroxyl groups excluding tert-OH is 1. The van der Waals surface area contributed by atoms with Crippen molar-refractivity contribution in [2.45, 2.75) is 46.3 Å². The van der Waals surface area contributed by atoms with Gasteiger partial charge in [0.15, 0.2) is 17.0 Å². The molecule has 1 aliphatic rings. The molecule has 1 N–H and O–H groups in total. The van der Waals surface area contributed by atoms with Gasteiger partial charge in [0, 0.05) is 13.1 Å². The number of fused-ring (bicyclic) bond motifs is 1. The Labute approximate surface area is 165 Å². The van der Waals surface area contributed by atoms with E-state index in [2.05, 4.69) is 32.8 Å². The molecule has 1 saturated heterocycles. The number of hydrogen-bond donors (Lipinski definition) is 1. The zero-order valence-corrected chi connectivity index (χ0v) is 16.7. The summed E-state index contributed by atoms with van der Waals surface area (Å²) in [4.78, 5) is 15.6. The Morgan fingerprint density at radius 1 is 1.07 bits per heavy atom. The first-order valence-electron chi connectivity index (χ1n) is 9.83. The quantitative estimate of drug-likeness (QED) is 0.708. The normalized spacial score (nSPS) is 15.4. The maximum Gasteiger partial charge on any atom is 0.165 e. The minimum atomic E-state index is -0.665. The molecule has 1 aliphatic heterocycles. The highest BCUT2D eigenvalue weighted by atomic mass is 16.5. The van der Waals surface area contributed by atoms with E-state index in [1.807, 2.05) is 24.5 Å². The van der Waals surface area contributed by atoms with E-state index in [0.29, 0.717) is 6.54 Å². The predicted octanol–water partition coefficient (Wildman–Crippen LogP) is 2.79. The largest absolute Gasteiger partial charge is 0.490 e. The third kappa shape index (κ3) is 3.54. The van der Waals surface area contributed by atoms with Crippen LogP contribution in [0.15, 0.2) is 24.8 Å². The fourth-order valence-electron chi connectivity index (χ4n) is 3.77. The van der Waals surface area contributed by atoms with Gasteiger partial charge >= 0.3 is 0 Å². The number of benzene rings is 1. The van der Waals surface area contributed by atoms with Crippen LogP contribution in [0.1, 0.15) is 29.5 Å². The molecule has 0 radical (unpaired) electrons. The van der Waals surface area contributed by atoms with Crippen LogP contribution < -0.4 is 9.64 Å². The fraction of sp³-hybridized carbons (Fsp3) is 0.476. The minimum Gasteiger partial charge on any atom is -0.490 e. The summed E-state index contributed by atoms with van der Waals surface area (Å²) in [6.45, 7) is 8.73. The molecule has 0 aliphatic carbocycles. The second kappa shape index (κ2) is 7.75. The first kappa shape index (κ1) is 18.7. The molecule has 1 fully saturated rings. The fourth-order valence-corrected chi connectivity index (χ4v) is 3.77. The van der Waals surface area contributed by atoms with Crippen molar-refractivity contribution < 1.29 is 9.84 Å². The molecule has 4 rings (SSSR count). The lowest BCUT2D eigenvalue weighted by Gasteiger charge is -2.18. The van der Waals surface area contributed by atoms with Gasteiger partial charge in [0.2, 0.25) is 0 Å². The molecule has 0 unspecified atom stereocenters. The van der Waals surface area contributed by atoms with Crippen LogP contribution in [0.4, 0.5) is 5.82 Å². The van der Waals surface area contributed by atoms with Gasteiger partial charge in [-0.3, -0.25) is 0 Å². The summed E-state index contributed by atoms with van der Waals surface area (Å²) in [6, 6.07) is 4.13. The Morgan fingerprint density at radius 2 is 1.82 bits per heavy atom. The second-order valence-electron chi connectivity index (χ2n) is 7.58. The summed E-state index contributed by atoms with van der Waals surface area (Å²) < 4.78 is 7.83. The van der Waals surface area contributed by atoms with Gasteiger partial charge in [0.1, 0.15) is 24.8 Å². The Kier molecular flexibility index (Phi) is 5.17. The van der Waals surface area contributed by atoms with Gasteiger partial charge < -0.3 is 19.3 Å². The van der Waals surface area contributed by atoms with Crippen molar-refractivity contribution in [3.05, 3.63) is 41.5 Å². The molecule has 1 aromatic carbocycles. The van der Waals surface area contributed by atoms with Crippen molar-refractivity contribution in [2.24, 2.45) is 0 Å². The lowest BCUT2D eigenvalue weighted by atomic mass is 10.1. The molecule has 0 spiro atoms. The van der Waals surface area contributed by atoms with Gasteiger partial charge in [-0.25, -0.2) is 15.0 Å². The lowest BCUT2D eigenvalue weighted by Crippen LogP contribution is -2.24. The Bertz CT molecular complexity index is 978. The molecule has 28 heavy (non-hydrogen) atoms. The highest BCUT2D eigenvalue weighted by Gasteiger charge is 2.20. The van der Waals surface area contributed by atoms with Crippen molar-refractivity contribution in [1.82, 2.24) is 19.5 Å².